The Morgan fingerprint density at radius 2 is 1.89 bits per heavy atom. The minimum Gasteiger partial charge on any atom is -0.464 e. The number of benzene rings is 2. The molecule has 2 nitrogen and oxygen atoms in total. The van der Waals surface area contributed by atoms with Gasteiger partial charge < -0.3 is 4.42 Å². The molecule has 2 aromatic heterocycles. The molecule has 6 rings (SSSR count). The van der Waals surface area contributed by atoms with Gasteiger partial charge in [0.25, 0.3) is 0 Å². The first-order chi connectivity index (χ1) is 13.7. The first-order valence-corrected chi connectivity index (χ1v) is 10.6. The largest absolute Gasteiger partial charge is 0.464 e. The number of aromatic nitrogens is 1. The molecule has 140 valence electrons. The second kappa shape index (κ2) is 5.94. The molecule has 0 amide bonds. The van der Waals surface area contributed by atoms with E-state index in [-0.39, 0.29) is 0 Å². The topological polar surface area (TPSA) is 17.0 Å². The van der Waals surface area contributed by atoms with Crippen LogP contribution in [0.2, 0.25) is 0 Å². The van der Waals surface area contributed by atoms with E-state index in [1.165, 1.54) is 58.7 Å². The summed E-state index contributed by atoms with van der Waals surface area (Å²) < 4.78 is 7.94. The summed E-state index contributed by atoms with van der Waals surface area (Å²) >= 11 is 0. The molecule has 4 aromatic rings. The van der Waals surface area contributed by atoms with Gasteiger partial charge in [0.2, 0.25) is 5.69 Å². The molecule has 0 N–H and O–H groups in total. The van der Waals surface area contributed by atoms with E-state index in [1.807, 2.05) is 6.07 Å². The number of rotatable bonds is 2. The van der Waals surface area contributed by atoms with Crippen LogP contribution in [-0.4, -0.2) is 0 Å². The first-order valence-electron chi connectivity index (χ1n) is 10.6. The number of fused-ring (bicyclic) bond motifs is 4. The van der Waals surface area contributed by atoms with Gasteiger partial charge in [-0.05, 0) is 84.7 Å². The molecule has 2 fully saturated rings. The lowest BCUT2D eigenvalue weighted by atomic mass is 9.82. The van der Waals surface area contributed by atoms with Gasteiger partial charge >= 0.3 is 0 Å². The molecule has 2 aliphatic rings. The third kappa shape index (κ3) is 2.37. The SMILES string of the molecule is Cc1cc2ccoc2cc1-c1c2ccc(C3CC4CCC3C4)cc2cc[n+]1C. The molecule has 0 saturated heterocycles. The molecule has 28 heavy (non-hydrogen) atoms. The van der Waals surface area contributed by atoms with Crippen LogP contribution in [-0.2, 0) is 7.05 Å². The Morgan fingerprint density at radius 3 is 2.71 bits per heavy atom. The minimum atomic E-state index is 0.779. The summed E-state index contributed by atoms with van der Waals surface area (Å²) in [6.45, 7) is 2.20. The van der Waals surface area contributed by atoms with Gasteiger partial charge in [0.15, 0.2) is 6.20 Å². The van der Waals surface area contributed by atoms with Crippen molar-refractivity contribution in [1.82, 2.24) is 0 Å². The van der Waals surface area contributed by atoms with Gasteiger partial charge in [0.05, 0.1) is 17.2 Å². The summed E-state index contributed by atoms with van der Waals surface area (Å²) in [7, 11) is 2.14. The van der Waals surface area contributed by atoms with Gasteiger partial charge in [-0.2, -0.15) is 0 Å². The first kappa shape index (κ1) is 16.4. The number of pyridine rings is 1. The van der Waals surface area contributed by atoms with Crippen molar-refractivity contribution < 1.29 is 8.98 Å². The Labute approximate surface area is 165 Å². The maximum Gasteiger partial charge on any atom is 0.220 e. The molecule has 2 heterocycles. The second-order valence-corrected chi connectivity index (χ2v) is 9.03. The Morgan fingerprint density at radius 1 is 0.964 bits per heavy atom. The van der Waals surface area contributed by atoms with Crippen molar-refractivity contribution in [3.05, 3.63) is 66.1 Å². The van der Waals surface area contributed by atoms with Gasteiger partial charge in [-0.3, -0.25) is 0 Å². The van der Waals surface area contributed by atoms with E-state index in [0.717, 1.165) is 23.3 Å². The predicted molar refractivity (Wildman–Crippen MR) is 113 cm³/mol. The average Bonchev–Trinajstić information content (AvgIpc) is 3.44. The lowest BCUT2D eigenvalue weighted by Crippen LogP contribution is -2.30. The average molecular weight is 369 g/mol. The Balaban J connectivity index is 1.52. The van der Waals surface area contributed by atoms with Crippen LogP contribution in [0.25, 0.3) is 33.0 Å². The summed E-state index contributed by atoms with van der Waals surface area (Å²) in [5, 5.41) is 3.85. The van der Waals surface area contributed by atoms with E-state index < -0.39 is 0 Å². The highest BCUT2D eigenvalue weighted by Crippen LogP contribution is 2.53. The fourth-order valence-corrected chi connectivity index (χ4v) is 5.99. The van der Waals surface area contributed by atoms with Crippen LogP contribution in [0.4, 0.5) is 0 Å². The van der Waals surface area contributed by atoms with E-state index in [9.17, 15) is 0 Å². The third-order valence-electron chi connectivity index (χ3n) is 7.38. The fourth-order valence-electron chi connectivity index (χ4n) is 5.99. The Bertz CT molecular complexity index is 1220. The van der Waals surface area contributed by atoms with Crippen molar-refractivity contribution in [3.63, 3.8) is 0 Å². The zero-order valence-electron chi connectivity index (χ0n) is 16.6. The van der Waals surface area contributed by atoms with Gasteiger partial charge in [-0.15, -0.1) is 0 Å². The van der Waals surface area contributed by atoms with E-state index in [4.69, 9.17) is 4.42 Å². The van der Waals surface area contributed by atoms with Crippen LogP contribution >= 0.6 is 0 Å². The molecule has 2 heteroatoms. The van der Waals surface area contributed by atoms with Gasteiger partial charge in [0, 0.05) is 11.5 Å². The van der Waals surface area contributed by atoms with Gasteiger partial charge in [0.1, 0.15) is 12.6 Å². The fraction of sp³-hybridized carbons (Fsp3) is 0.346. The molecule has 0 spiro atoms. The van der Waals surface area contributed by atoms with Crippen LogP contribution in [0.3, 0.4) is 0 Å². The summed E-state index contributed by atoms with van der Waals surface area (Å²) in [6.07, 6.45) is 9.73. The molecule has 0 aliphatic heterocycles. The molecule has 2 aliphatic carbocycles. The lowest BCUT2D eigenvalue weighted by Gasteiger charge is -2.22. The standard InChI is InChI=1S/C26H26NO/c1-16-11-21-8-10-28-25(21)15-23(16)26-22-6-5-19(14-20(22)7-9-27(26)2)24-13-17-3-4-18(24)12-17/h5-11,14-15,17-18,24H,3-4,12-13H2,1-2H3/q+1. The van der Waals surface area contributed by atoms with Gasteiger partial charge in [-0.25, -0.2) is 4.57 Å². The quantitative estimate of drug-likeness (QED) is 0.380. The van der Waals surface area contributed by atoms with Crippen molar-refractivity contribution in [1.29, 1.82) is 0 Å². The maximum atomic E-state index is 5.69. The minimum absolute atomic E-state index is 0.779. The van der Waals surface area contributed by atoms with E-state index >= 15 is 0 Å². The summed E-state index contributed by atoms with van der Waals surface area (Å²) in [5.74, 6) is 2.68. The van der Waals surface area contributed by atoms with Crippen molar-refractivity contribution in [2.75, 3.05) is 0 Å². The normalized spacial score (nSPS) is 23.9. The van der Waals surface area contributed by atoms with Gasteiger partial charge in [-0.1, -0.05) is 18.6 Å². The highest BCUT2D eigenvalue weighted by molar-refractivity contribution is 5.96. The summed E-state index contributed by atoms with van der Waals surface area (Å²) in [4.78, 5) is 0. The zero-order valence-corrected chi connectivity index (χ0v) is 16.6. The molecular weight excluding hydrogens is 342 g/mol. The van der Waals surface area contributed by atoms with Crippen LogP contribution in [0, 0.1) is 18.8 Å². The molecular formula is C26H26NO+. The number of hydrogen-bond acceptors (Lipinski definition) is 1. The van der Waals surface area contributed by atoms with Crippen LogP contribution in [0.5, 0.6) is 0 Å². The second-order valence-electron chi connectivity index (χ2n) is 9.03. The molecule has 3 unspecified atom stereocenters. The van der Waals surface area contributed by atoms with Crippen LogP contribution in [0.15, 0.2) is 59.3 Å². The maximum absolute atomic E-state index is 5.69. The van der Waals surface area contributed by atoms with E-state index in [0.29, 0.717) is 0 Å². The smallest absolute Gasteiger partial charge is 0.220 e. The Hall–Kier alpha value is -2.61. The van der Waals surface area contributed by atoms with Crippen LogP contribution < -0.4 is 4.57 Å². The van der Waals surface area contributed by atoms with Crippen molar-refractivity contribution in [2.45, 2.75) is 38.5 Å². The number of nitrogens with zero attached hydrogens (tertiary/aromatic N) is 1. The molecule has 3 atom stereocenters. The van der Waals surface area contributed by atoms with Crippen molar-refractivity contribution in [3.8, 4) is 11.3 Å². The Kier molecular flexibility index (Phi) is 3.47. The van der Waals surface area contributed by atoms with Crippen molar-refractivity contribution in [2.24, 2.45) is 18.9 Å². The summed E-state index contributed by atoms with van der Waals surface area (Å²) in [5.41, 5.74) is 6.32. The third-order valence-corrected chi connectivity index (χ3v) is 7.38. The van der Waals surface area contributed by atoms with E-state index in [1.54, 1.807) is 11.8 Å². The number of furan rings is 1. The summed E-state index contributed by atoms with van der Waals surface area (Å²) in [6, 6.07) is 16.0. The molecule has 2 bridgehead atoms. The molecule has 0 radical (unpaired) electrons. The van der Waals surface area contributed by atoms with E-state index in [2.05, 4.69) is 61.1 Å². The highest BCUT2D eigenvalue weighted by atomic mass is 16.3. The number of hydrogen-bond donors (Lipinski definition) is 0. The lowest BCUT2D eigenvalue weighted by molar-refractivity contribution is -0.659. The predicted octanol–water partition coefficient (Wildman–Crippen LogP) is 6.29. The highest BCUT2D eigenvalue weighted by Gasteiger charge is 2.40. The monoisotopic (exact) mass is 368 g/mol. The van der Waals surface area contributed by atoms with Crippen molar-refractivity contribution >= 4 is 21.7 Å². The zero-order chi connectivity index (χ0) is 18.8. The number of aryl methyl sites for hydroxylation is 2. The van der Waals surface area contributed by atoms with Crippen LogP contribution in [0.1, 0.15) is 42.7 Å². The molecule has 2 aromatic carbocycles. The molecule has 2 saturated carbocycles.